The van der Waals surface area contributed by atoms with Crippen LogP contribution in [0.3, 0.4) is 0 Å². The number of H-pyrrole nitrogens is 1. The van der Waals surface area contributed by atoms with E-state index >= 15 is 0 Å². The minimum Gasteiger partial charge on any atom is -0.460 e. The molecule has 20 heavy (non-hydrogen) atoms. The third-order valence-corrected chi connectivity index (χ3v) is 4.31. The Morgan fingerprint density at radius 1 is 1.50 bits per heavy atom. The molecule has 2 fully saturated rings. The summed E-state index contributed by atoms with van der Waals surface area (Å²) in [5, 5.41) is 11.5. The second-order valence-electron chi connectivity index (χ2n) is 5.78. The Bertz CT molecular complexity index is 722. The summed E-state index contributed by atoms with van der Waals surface area (Å²) in [5.74, 6) is 4.60. The van der Waals surface area contributed by atoms with Crippen LogP contribution in [0.25, 0.3) is 0 Å². The molecule has 104 valence electrons. The molecule has 4 rings (SSSR count). The molecular formula is C14H16N4OS. The fraction of sp³-hybridized carbons (Fsp3) is 0.500. The van der Waals surface area contributed by atoms with E-state index in [0.717, 1.165) is 23.3 Å². The van der Waals surface area contributed by atoms with Crippen molar-refractivity contribution in [3.63, 3.8) is 0 Å². The van der Waals surface area contributed by atoms with Crippen molar-refractivity contribution in [3.8, 4) is 0 Å². The number of hydrogen-bond acceptors (Lipinski definition) is 4. The van der Waals surface area contributed by atoms with E-state index in [-0.39, 0.29) is 0 Å². The summed E-state index contributed by atoms with van der Waals surface area (Å²) in [6.07, 6.45) is 5.27. The Kier molecular flexibility index (Phi) is 2.66. The molecule has 2 saturated carbocycles. The lowest BCUT2D eigenvalue weighted by Gasteiger charge is -1.96. The van der Waals surface area contributed by atoms with Crippen LogP contribution in [-0.2, 0) is 0 Å². The molecule has 0 aliphatic heterocycles. The number of rotatable bonds is 4. The molecule has 5 nitrogen and oxygen atoms in total. The summed E-state index contributed by atoms with van der Waals surface area (Å²) in [5.41, 5.74) is 0. The zero-order valence-electron chi connectivity index (χ0n) is 11.2. The van der Waals surface area contributed by atoms with Gasteiger partial charge in [-0.1, -0.05) is 6.92 Å². The molecule has 2 aliphatic carbocycles. The van der Waals surface area contributed by atoms with Crippen molar-refractivity contribution >= 4 is 18.4 Å². The Balaban J connectivity index is 1.57. The quantitative estimate of drug-likeness (QED) is 0.692. The SMILES string of the molecule is C[C@H]1C[C@H]1c1ccc(/C=N\n2c(C3CC3)n[nH]c2=S)o1. The van der Waals surface area contributed by atoms with Gasteiger partial charge in [-0.05, 0) is 49.5 Å². The van der Waals surface area contributed by atoms with Gasteiger partial charge in [0.1, 0.15) is 11.5 Å². The van der Waals surface area contributed by atoms with E-state index in [2.05, 4.69) is 22.2 Å². The molecular weight excluding hydrogens is 272 g/mol. The molecule has 2 atom stereocenters. The molecule has 2 heterocycles. The second-order valence-corrected chi connectivity index (χ2v) is 6.16. The maximum Gasteiger partial charge on any atom is 0.216 e. The van der Waals surface area contributed by atoms with E-state index in [1.807, 2.05) is 12.1 Å². The van der Waals surface area contributed by atoms with Crippen LogP contribution in [0.15, 0.2) is 21.7 Å². The third-order valence-electron chi connectivity index (χ3n) is 4.04. The summed E-state index contributed by atoms with van der Waals surface area (Å²) in [6.45, 7) is 2.24. The van der Waals surface area contributed by atoms with E-state index in [4.69, 9.17) is 16.6 Å². The van der Waals surface area contributed by atoms with Crippen LogP contribution >= 0.6 is 12.2 Å². The predicted octanol–water partition coefficient (Wildman–Crippen LogP) is 3.42. The zero-order valence-corrected chi connectivity index (χ0v) is 12.1. The molecule has 2 aliphatic rings. The van der Waals surface area contributed by atoms with E-state index in [9.17, 15) is 0 Å². The molecule has 0 aromatic carbocycles. The Morgan fingerprint density at radius 2 is 2.30 bits per heavy atom. The largest absolute Gasteiger partial charge is 0.460 e. The van der Waals surface area contributed by atoms with Crippen LogP contribution in [0.2, 0.25) is 0 Å². The molecule has 6 heteroatoms. The second kappa shape index (κ2) is 4.41. The zero-order chi connectivity index (χ0) is 13.7. The van der Waals surface area contributed by atoms with Gasteiger partial charge in [-0.3, -0.25) is 5.10 Å². The Morgan fingerprint density at radius 3 is 3.00 bits per heavy atom. The highest BCUT2D eigenvalue weighted by atomic mass is 32.1. The monoisotopic (exact) mass is 288 g/mol. The van der Waals surface area contributed by atoms with Gasteiger partial charge >= 0.3 is 0 Å². The number of furan rings is 1. The standard InChI is InChI=1S/C14H16N4OS/c1-8-6-11(8)12-5-4-10(19-12)7-15-18-13(9-2-3-9)16-17-14(18)20/h4-5,7-9,11H,2-3,6H2,1H3,(H,17,20)/b15-7-/t8-,11+/m0/s1. The first-order valence-corrected chi connectivity index (χ1v) is 7.44. The molecule has 0 unspecified atom stereocenters. The van der Waals surface area contributed by atoms with E-state index in [0.29, 0.717) is 16.6 Å². The molecule has 2 aromatic rings. The van der Waals surface area contributed by atoms with Crippen LogP contribution in [-0.4, -0.2) is 21.1 Å². The van der Waals surface area contributed by atoms with Gasteiger partial charge in [0.05, 0.1) is 6.21 Å². The first-order chi connectivity index (χ1) is 9.72. The van der Waals surface area contributed by atoms with Crippen molar-refractivity contribution in [3.05, 3.63) is 34.2 Å². The van der Waals surface area contributed by atoms with Gasteiger partial charge < -0.3 is 4.42 Å². The number of aromatic nitrogens is 3. The fourth-order valence-corrected chi connectivity index (χ4v) is 2.68. The Hall–Kier alpha value is -1.69. The summed E-state index contributed by atoms with van der Waals surface area (Å²) >= 11 is 5.21. The highest BCUT2D eigenvalue weighted by molar-refractivity contribution is 7.71. The fourth-order valence-electron chi connectivity index (χ4n) is 2.49. The lowest BCUT2D eigenvalue weighted by molar-refractivity contribution is 0.500. The lowest BCUT2D eigenvalue weighted by atomic mass is 10.3. The third kappa shape index (κ3) is 2.14. The average Bonchev–Trinajstić information content (AvgIpc) is 3.32. The van der Waals surface area contributed by atoms with Gasteiger partial charge in [0, 0.05) is 11.8 Å². The number of nitrogens with zero attached hydrogens (tertiary/aromatic N) is 3. The maximum atomic E-state index is 5.80. The lowest BCUT2D eigenvalue weighted by Crippen LogP contribution is -1.96. The first kappa shape index (κ1) is 12.1. The van der Waals surface area contributed by atoms with Crippen LogP contribution in [0.1, 0.15) is 55.4 Å². The van der Waals surface area contributed by atoms with Crippen molar-refractivity contribution in [2.45, 2.75) is 38.0 Å². The normalized spacial score (nSPS) is 25.4. The van der Waals surface area contributed by atoms with Crippen molar-refractivity contribution in [1.82, 2.24) is 14.9 Å². The van der Waals surface area contributed by atoms with E-state index < -0.39 is 0 Å². The molecule has 0 spiro atoms. The summed E-state index contributed by atoms with van der Waals surface area (Å²) < 4.78 is 8.04. The van der Waals surface area contributed by atoms with Gasteiger partial charge in [0.2, 0.25) is 4.77 Å². The minimum absolute atomic E-state index is 0.500. The van der Waals surface area contributed by atoms with Gasteiger partial charge in [-0.25, -0.2) is 0 Å². The van der Waals surface area contributed by atoms with Gasteiger partial charge in [0.15, 0.2) is 5.82 Å². The van der Waals surface area contributed by atoms with Crippen LogP contribution in [0, 0.1) is 10.7 Å². The van der Waals surface area contributed by atoms with Crippen molar-refractivity contribution in [1.29, 1.82) is 0 Å². The summed E-state index contributed by atoms with van der Waals surface area (Å²) in [6, 6.07) is 4.01. The molecule has 2 aromatic heterocycles. The van der Waals surface area contributed by atoms with Gasteiger partial charge in [-0.2, -0.15) is 14.9 Å². The van der Waals surface area contributed by atoms with Crippen LogP contribution in [0.4, 0.5) is 0 Å². The van der Waals surface area contributed by atoms with Crippen LogP contribution < -0.4 is 0 Å². The Labute approximate surface area is 121 Å². The van der Waals surface area contributed by atoms with Gasteiger partial charge in [-0.15, -0.1) is 0 Å². The highest BCUT2D eigenvalue weighted by Crippen LogP contribution is 2.47. The first-order valence-electron chi connectivity index (χ1n) is 7.04. The number of aromatic amines is 1. The molecule has 1 N–H and O–H groups in total. The van der Waals surface area contributed by atoms with Crippen molar-refractivity contribution in [2.24, 2.45) is 11.0 Å². The summed E-state index contributed by atoms with van der Waals surface area (Å²) in [7, 11) is 0. The van der Waals surface area contributed by atoms with Crippen molar-refractivity contribution in [2.75, 3.05) is 0 Å². The average molecular weight is 288 g/mol. The van der Waals surface area contributed by atoms with Crippen molar-refractivity contribution < 1.29 is 4.42 Å². The number of nitrogens with one attached hydrogen (secondary N) is 1. The van der Waals surface area contributed by atoms with E-state index in [1.54, 1.807) is 10.9 Å². The van der Waals surface area contributed by atoms with Crippen LogP contribution in [0.5, 0.6) is 0 Å². The molecule has 0 radical (unpaired) electrons. The molecule has 0 bridgehead atoms. The molecule has 0 saturated heterocycles. The predicted molar refractivity (Wildman–Crippen MR) is 77.6 cm³/mol. The molecule has 0 amide bonds. The minimum atomic E-state index is 0.500. The highest BCUT2D eigenvalue weighted by Gasteiger charge is 2.36. The van der Waals surface area contributed by atoms with Gasteiger partial charge in [0.25, 0.3) is 0 Å². The smallest absolute Gasteiger partial charge is 0.216 e. The maximum absolute atomic E-state index is 5.80. The number of hydrogen-bond donors (Lipinski definition) is 1. The topological polar surface area (TPSA) is 59.1 Å². The van der Waals surface area contributed by atoms with E-state index in [1.165, 1.54) is 19.3 Å². The summed E-state index contributed by atoms with van der Waals surface area (Å²) in [4.78, 5) is 0.